The lowest BCUT2D eigenvalue weighted by atomic mass is 10.1. The molecule has 0 heterocycles. The number of ether oxygens (including phenoxy) is 4. The van der Waals surface area contributed by atoms with E-state index in [1.807, 2.05) is 133 Å². The lowest BCUT2D eigenvalue weighted by molar-refractivity contribution is -0.125. The first-order valence-corrected chi connectivity index (χ1v) is 16.4. The molecule has 5 aromatic rings. The molecule has 0 spiro atoms. The number of carbonyl (C=O) groups excluding carboxylic acids is 2. The highest BCUT2D eigenvalue weighted by Gasteiger charge is 2.22. The molecule has 4 N–H and O–H groups in total. The van der Waals surface area contributed by atoms with Gasteiger partial charge in [0.2, 0.25) is 5.75 Å². The highest BCUT2D eigenvalue weighted by atomic mass is 16.6. The van der Waals surface area contributed by atoms with Gasteiger partial charge in [-0.2, -0.15) is 0 Å². The number of rotatable bonds is 18. The number of hydrogen-bond acceptors (Lipinski definition) is 8. The van der Waals surface area contributed by atoms with Crippen LogP contribution in [0.1, 0.15) is 27.8 Å². The Morgan fingerprint density at radius 3 is 1.58 bits per heavy atom. The monoisotopic (exact) mass is 675 g/mol. The van der Waals surface area contributed by atoms with Crippen LogP contribution in [0, 0.1) is 0 Å². The second-order valence-corrected chi connectivity index (χ2v) is 11.3. The largest absolute Gasteiger partial charge is 0.485 e. The molecule has 0 fully saturated rings. The minimum Gasteiger partial charge on any atom is -0.485 e. The quantitative estimate of drug-likeness (QED) is 0.0671. The molecule has 10 nitrogen and oxygen atoms in total. The summed E-state index contributed by atoms with van der Waals surface area (Å²) < 4.78 is 24.3. The summed E-state index contributed by atoms with van der Waals surface area (Å²) in [4.78, 5) is 25.0. The van der Waals surface area contributed by atoms with Crippen LogP contribution >= 0.6 is 0 Å². The second-order valence-electron chi connectivity index (χ2n) is 11.3. The van der Waals surface area contributed by atoms with Crippen LogP contribution in [0.3, 0.4) is 0 Å². The Morgan fingerprint density at radius 1 is 0.580 bits per heavy atom. The van der Waals surface area contributed by atoms with Gasteiger partial charge in [-0.1, -0.05) is 127 Å². The maximum absolute atomic E-state index is 12.8. The van der Waals surface area contributed by atoms with Crippen LogP contribution in [-0.2, 0) is 42.4 Å². The van der Waals surface area contributed by atoms with Crippen molar-refractivity contribution in [1.82, 2.24) is 16.2 Å². The maximum Gasteiger partial charge on any atom is 0.408 e. The van der Waals surface area contributed by atoms with Crippen LogP contribution in [0.25, 0.3) is 0 Å². The van der Waals surface area contributed by atoms with Gasteiger partial charge in [-0.25, -0.2) is 10.2 Å². The van der Waals surface area contributed by atoms with Crippen molar-refractivity contribution in [2.24, 2.45) is 0 Å². The average Bonchev–Trinajstić information content (AvgIpc) is 3.17. The Kier molecular flexibility index (Phi) is 13.6. The van der Waals surface area contributed by atoms with E-state index in [2.05, 4.69) is 16.2 Å². The van der Waals surface area contributed by atoms with Crippen molar-refractivity contribution in [2.45, 2.75) is 38.9 Å². The Bertz CT molecular complexity index is 1760. The summed E-state index contributed by atoms with van der Waals surface area (Å²) in [5.74, 6) is 0.912. The first-order chi connectivity index (χ1) is 24.6. The van der Waals surface area contributed by atoms with Gasteiger partial charge in [0.05, 0.1) is 6.61 Å². The highest BCUT2D eigenvalue weighted by Crippen LogP contribution is 2.42. The SMILES string of the molecule is O=C(N[C@@H](CO)C(=O)NNCCc1ccc(OCc2ccccc2)c(OCc2ccccc2)c1OCc1ccccc1)OCc1ccccc1. The van der Waals surface area contributed by atoms with Crippen molar-refractivity contribution in [3.05, 3.63) is 161 Å². The summed E-state index contributed by atoms with van der Waals surface area (Å²) in [5, 5.41) is 12.1. The molecule has 1 atom stereocenters. The second kappa shape index (κ2) is 19.2. The normalized spacial score (nSPS) is 11.2. The number of alkyl carbamates (subject to hydrolysis) is 1. The fourth-order valence-electron chi connectivity index (χ4n) is 4.92. The van der Waals surface area contributed by atoms with Crippen molar-refractivity contribution in [3.63, 3.8) is 0 Å². The number of carbonyl (C=O) groups is 2. The van der Waals surface area contributed by atoms with Crippen molar-refractivity contribution in [1.29, 1.82) is 0 Å². The molecule has 0 aliphatic heterocycles. The molecule has 0 aromatic heterocycles. The average molecular weight is 676 g/mol. The molecule has 258 valence electrons. The topological polar surface area (TPSA) is 127 Å². The summed E-state index contributed by atoms with van der Waals surface area (Å²) >= 11 is 0. The van der Waals surface area contributed by atoms with Gasteiger partial charge in [-0.3, -0.25) is 10.2 Å². The number of benzene rings is 5. The van der Waals surface area contributed by atoms with Gasteiger partial charge in [0.25, 0.3) is 5.91 Å². The summed E-state index contributed by atoms with van der Waals surface area (Å²) in [5.41, 5.74) is 10.0. The van der Waals surface area contributed by atoms with Crippen molar-refractivity contribution in [3.8, 4) is 17.2 Å². The van der Waals surface area contributed by atoms with E-state index in [0.29, 0.717) is 50.0 Å². The van der Waals surface area contributed by atoms with E-state index in [0.717, 1.165) is 27.8 Å². The van der Waals surface area contributed by atoms with E-state index in [1.165, 1.54) is 0 Å². The predicted molar refractivity (Wildman–Crippen MR) is 189 cm³/mol. The highest BCUT2D eigenvalue weighted by molar-refractivity contribution is 5.85. The summed E-state index contributed by atoms with van der Waals surface area (Å²) in [7, 11) is 0. The lowest BCUT2D eigenvalue weighted by Crippen LogP contribution is -2.52. The minimum atomic E-state index is -1.21. The Labute approximate surface area is 292 Å². The van der Waals surface area contributed by atoms with Gasteiger partial charge >= 0.3 is 6.09 Å². The molecule has 0 saturated heterocycles. The number of aliphatic hydroxyl groups excluding tert-OH is 1. The molecule has 5 aromatic carbocycles. The van der Waals surface area contributed by atoms with Crippen LogP contribution in [0.5, 0.6) is 17.2 Å². The molecule has 5 rings (SSSR count). The molecule has 0 bridgehead atoms. The number of hydrogen-bond donors (Lipinski definition) is 4. The van der Waals surface area contributed by atoms with Crippen molar-refractivity contribution < 1.29 is 33.6 Å². The van der Waals surface area contributed by atoms with Gasteiger partial charge in [0, 0.05) is 6.54 Å². The maximum atomic E-state index is 12.8. The molecule has 0 aliphatic rings. The molecular formula is C40H41N3O7. The van der Waals surface area contributed by atoms with E-state index in [4.69, 9.17) is 18.9 Å². The van der Waals surface area contributed by atoms with Gasteiger partial charge in [0.15, 0.2) is 11.5 Å². The van der Waals surface area contributed by atoms with E-state index in [9.17, 15) is 14.7 Å². The van der Waals surface area contributed by atoms with E-state index in [-0.39, 0.29) is 6.61 Å². The number of nitrogens with one attached hydrogen (secondary N) is 3. The molecular weight excluding hydrogens is 634 g/mol. The van der Waals surface area contributed by atoms with E-state index >= 15 is 0 Å². The Hall–Kier alpha value is -5.84. The standard InChI is InChI=1S/C40H41N3O7/c44-25-35(42-40(46)50-29-33-19-11-4-12-20-33)39(45)43-41-24-23-34-21-22-36(47-26-30-13-5-1-6-14-30)38(49-28-32-17-9-3-10-18-32)37(34)48-27-31-15-7-2-8-16-31/h1-22,35,41,44H,23-29H2,(H,42,46)(H,43,45)/t35-/m0/s1. The summed E-state index contributed by atoms with van der Waals surface area (Å²) in [6.45, 7) is 0.654. The lowest BCUT2D eigenvalue weighted by Gasteiger charge is -2.21. The van der Waals surface area contributed by atoms with Crippen LogP contribution in [-0.4, -0.2) is 36.3 Å². The fraction of sp³-hybridized carbons (Fsp3) is 0.200. The molecule has 0 saturated carbocycles. The van der Waals surface area contributed by atoms with Crippen molar-refractivity contribution in [2.75, 3.05) is 13.2 Å². The van der Waals surface area contributed by atoms with Crippen LogP contribution < -0.4 is 30.4 Å². The fourth-order valence-corrected chi connectivity index (χ4v) is 4.92. The molecule has 0 unspecified atom stereocenters. The first-order valence-electron chi connectivity index (χ1n) is 16.4. The molecule has 10 heteroatoms. The third kappa shape index (κ3) is 11.1. The Balaban J connectivity index is 1.26. The van der Waals surface area contributed by atoms with Crippen LogP contribution in [0.2, 0.25) is 0 Å². The zero-order valence-corrected chi connectivity index (χ0v) is 27.6. The van der Waals surface area contributed by atoms with Gasteiger partial charge in [0.1, 0.15) is 32.5 Å². The van der Waals surface area contributed by atoms with E-state index < -0.39 is 24.6 Å². The third-order valence-corrected chi connectivity index (χ3v) is 7.58. The Morgan fingerprint density at radius 2 is 1.06 bits per heavy atom. The molecule has 50 heavy (non-hydrogen) atoms. The number of aliphatic hydroxyl groups is 1. The van der Waals surface area contributed by atoms with Gasteiger partial charge in [-0.05, 0) is 40.3 Å². The summed E-state index contributed by atoms with van der Waals surface area (Å²) in [6.07, 6.45) is -0.387. The zero-order valence-electron chi connectivity index (χ0n) is 27.6. The molecule has 0 radical (unpaired) electrons. The molecule has 2 amide bonds. The van der Waals surface area contributed by atoms with Gasteiger partial charge in [-0.15, -0.1) is 0 Å². The van der Waals surface area contributed by atoms with Crippen LogP contribution in [0.4, 0.5) is 4.79 Å². The van der Waals surface area contributed by atoms with E-state index in [1.54, 1.807) is 0 Å². The summed E-state index contributed by atoms with van der Waals surface area (Å²) in [6, 6.07) is 41.3. The predicted octanol–water partition coefficient (Wildman–Crippen LogP) is 5.87. The first kappa shape index (κ1) is 35.5. The third-order valence-electron chi connectivity index (χ3n) is 7.58. The smallest absolute Gasteiger partial charge is 0.408 e. The molecule has 0 aliphatic carbocycles. The van der Waals surface area contributed by atoms with Crippen molar-refractivity contribution >= 4 is 12.0 Å². The number of hydrazine groups is 1. The van der Waals surface area contributed by atoms with Gasteiger partial charge < -0.3 is 29.4 Å². The zero-order chi connectivity index (χ0) is 34.8. The number of amides is 2. The van der Waals surface area contributed by atoms with Crippen LogP contribution in [0.15, 0.2) is 133 Å². The minimum absolute atomic E-state index is 0.0342.